The minimum atomic E-state index is -0.415. The zero-order valence-electron chi connectivity index (χ0n) is 16.3. The summed E-state index contributed by atoms with van der Waals surface area (Å²) in [6, 6.07) is 0.01000. The number of cyclic esters (lactones) is 1. The molecule has 4 aliphatic rings. The Morgan fingerprint density at radius 2 is 2.07 bits per heavy atom. The van der Waals surface area contributed by atoms with E-state index in [9.17, 15) is 9.59 Å². The molecule has 11 heteroatoms. The first-order valence-electron chi connectivity index (χ1n) is 10.4. The molecule has 0 saturated carbocycles. The Morgan fingerprint density at radius 1 is 1.21 bits per heavy atom. The van der Waals surface area contributed by atoms with Crippen LogP contribution in [0, 0.1) is 0 Å². The van der Waals surface area contributed by atoms with Gasteiger partial charge in [-0.1, -0.05) is 5.21 Å². The van der Waals surface area contributed by atoms with Crippen LogP contribution < -0.4 is 16.0 Å². The number of hydrogen-bond donors (Lipinski definition) is 3. The molecular weight excluding hydrogens is 378 g/mol. The van der Waals surface area contributed by atoms with Crippen LogP contribution in [-0.2, 0) is 16.0 Å². The van der Waals surface area contributed by atoms with Gasteiger partial charge in [-0.25, -0.2) is 9.48 Å². The average molecular weight is 405 g/mol. The highest BCUT2D eigenvalue weighted by atomic mass is 16.6. The van der Waals surface area contributed by atoms with Crippen LogP contribution in [0.25, 0.3) is 0 Å². The normalized spacial score (nSPS) is 30.1. The van der Waals surface area contributed by atoms with Gasteiger partial charge in [0, 0.05) is 25.6 Å². The Labute approximate surface area is 168 Å². The Hall–Kier alpha value is -2.24. The summed E-state index contributed by atoms with van der Waals surface area (Å²) in [5, 5.41) is 18.2. The fourth-order valence-corrected chi connectivity index (χ4v) is 4.75. The van der Waals surface area contributed by atoms with Crippen molar-refractivity contribution in [2.24, 2.45) is 0 Å². The minimum Gasteiger partial charge on any atom is -0.447 e. The van der Waals surface area contributed by atoms with E-state index < -0.39 is 6.09 Å². The van der Waals surface area contributed by atoms with Gasteiger partial charge in [-0.15, -0.1) is 5.10 Å². The second-order valence-electron chi connectivity index (χ2n) is 8.15. The molecule has 0 aromatic carbocycles. The molecule has 1 unspecified atom stereocenters. The molecule has 4 aliphatic heterocycles. The molecule has 3 atom stereocenters. The smallest absolute Gasteiger partial charge is 0.407 e. The van der Waals surface area contributed by atoms with Crippen LogP contribution in [0.5, 0.6) is 0 Å². The van der Waals surface area contributed by atoms with Crippen molar-refractivity contribution in [3.63, 3.8) is 0 Å². The lowest BCUT2D eigenvalue weighted by Gasteiger charge is -2.25. The third-order valence-corrected chi connectivity index (χ3v) is 6.23. The van der Waals surface area contributed by atoms with Gasteiger partial charge in [0.15, 0.2) is 5.69 Å². The molecule has 5 rings (SSSR count). The van der Waals surface area contributed by atoms with Crippen LogP contribution in [0.15, 0.2) is 0 Å². The second kappa shape index (κ2) is 7.88. The number of ether oxygens (including phenoxy) is 2. The summed E-state index contributed by atoms with van der Waals surface area (Å²) < 4.78 is 12.6. The van der Waals surface area contributed by atoms with Crippen LogP contribution in [0.3, 0.4) is 0 Å². The van der Waals surface area contributed by atoms with Crippen LogP contribution in [0.1, 0.15) is 34.9 Å². The van der Waals surface area contributed by atoms with Gasteiger partial charge in [0.05, 0.1) is 37.0 Å². The van der Waals surface area contributed by atoms with E-state index in [2.05, 4.69) is 26.3 Å². The SMILES string of the molecule is O=C1NC(Cn2nnc(C(=O)N3C[C@@H]4NCCO[C@H]4C3)c2C2CCNCC2)CO1. The van der Waals surface area contributed by atoms with Crippen LogP contribution in [0.2, 0.25) is 0 Å². The Kier molecular flexibility index (Phi) is 5.10. The van der Waals surface area contributed by atoms with Gasteiger partial charge in [-0.05, 0) is 25.9 Å². The van der Waals surface area contributed by atoms with Crippen molar-refractivity contribution in [2.45, 2.75) is 43.5 Å². The molecule has 0 bridgehead atoms. The van der Waals surface area contributed by atoms with E-state index in [0.29, 0.717) is 38.5 Å². The Bertz CT molecular complexity index is 764. The molecule has 1 aromatic rings. The summed E-state index contributed by atoms with van der Waals surface area (Å²) >= 11 is 0. The van der Waals surface area contributed by atoms with Gasteiger partial charge in [-0.3, -0.25) is 4.79 Å². The van der Waals surface area contributed by atoms with Crippen LogP contribution >= 0.6 is 0 Å². The number of rotatable bonds is 4. The number of likely N-dealkylation sites (tertiary alicyclic amines) is 1. The highest BCUT2D eigenvalue weighted by Crippen LogP contribution is 2.29. The summed E-state index contributed by atoms with van der Waals surface area (Å²) in [4.78, 5) is 26.6. The second-order valence-corrected chi connectivity index (χ2v) is 8.15. The molecule has 4 saturated heterocycles. The number of nitrogens with zero attached hydrogens (tertiary/aromatic N) is 4. The molecule has 2 amide bonds. The Balaban J connectivity index is 1.39. The maximum atomic E-state index is 13.4. The first-order chi connectivity index (χ1) is 14.2. The predicted octanol–water partition coefficient (Wildman–Crippen LogP) is -1.33. The lowest BCUT2D eigenvalue weighted by Crippen LogP contribution is -2.47. The van der Waals surface area contributed by atoms with E-state index >= 15 is 0 Å². The largest absolute Gasteiger partial charge is 0.447 e. The summed E-state index contributed by atoms with van der Waals surface area (Å²) in [5.41, 5.74) is 1.31. The number of hydrogen-bond acceptors (Lipinski definition) is 8. The highest BCUT2D eigenvalue weighted by Gasteiger charge is 2.40. The summed E-state index contributed by atoms with van der Waals surface area (Å²) in [6.07, 6.45) is 1.48. The van der Waals surface area contributed by atoms with E-state index in [0.717, 1.165) is 38.2 Å². The van der Waals surface area contributed by atoms with Gasteiger partial charge < -0.3 is 30.3 Å². The van der Waals surface area contributed by atoms with Crippen LogP contribution in [-0.4, -0.2) is 96.0 Å². The molecule has 29 heavy (non-hydrogen) atoms. The number of amides is 2. The van der Waals surface area contributed by atoms with Crippen molar-refractivity contribution in [1.29, 1.82) is 0 Å². The van der Waals surface area contributed by atoms with E-state index in [1.54, 1.807) is 4.68 Å². The molecular formula is C18H27N7O4. The standard InChI is InChI=1S/C18H27N7O4/c26-17(24-8-13-14(9-24)28-6-5-20-13)15-16(11-1-3-19-4-2-11)25(23-22-15)7-12-10-29-18(27)21-12/h11-14,19-20H,1-10H2,(H,21,27)/t12?,13-,14-/m0/s1. The zero-order chi connectivity index (χ0) is 19.8. The molecule has 1 aromatic heterocycles. The van der Waals surface area contributed by atoms with E-state index in [1.807, 2.05) is 4.90 Å². The quantitative estimate of drug-likeness (QED) is 0.563. The maximum Gasteiger partial charge on any atom is 0.407 e. The lowest BCUT2D eigenvalue weighted by atomic mass is 9.92. The number of carbonyl (C=O) groups excluding carboxylic acids is 2. The number of nitrogens with one attached hydrogen (secondary N) is 3. The van der Waals surface area contributed by atoms with Crippen molar-refractivity contribution in [3.05, 3.63) is 11.4 Å². The van der Waals surface area contributed by atoms with Crippen LogP contribution in [0.4, 0.5) is 4.79 Å². The topological polar surface area (TPSA) is 123 Å². The maximum absolute atomic E-state index is 13.4. The molecule has 4 fully saturated rings. The summed E-state index contributed by atoms with van der Waals surface area (Å²) in [7, 11) is 0. The molecule has 11 nitrogen and oxygen atoms in total. The highest BCUT2D eigenvalue weighted by molar-refractivity contribution is 5.93. The molecule has 0 radical (unpaired) electrons. The van der Waals surface area contributed by atoms with Crippen molar-refractivity contribution in [2.75, 3.05) is 45.9 Å². The zero-order valence-corrected chi connectivity index (χ0v) is 16.3. The Morgan fingerprint density at radius 3 is 2.83 bits per heavy atom. The number of carbonyl (C=O) groups is 2. The van der Waals surface area contributed by atoms with Gasteiger partial charge in [0.2, 0.25) is 0 Å². The lowest BCUT2D eigenvalue weighted by molar-refractivity contribution is 0.0175. The fourth-order valence-electron chi connectivity index (χ4n) is 4.75. The number of piperidine rings is 1. The number of aromatic nitrogens is 3. The summed E-state index contributed by atoms with van der Waals surface area (Å²) in [5.74, 6) is 0.124. The van der Waals surface area contributed by atoms with Crippen molar-refractivity contribution >= 4 is 12.0 Å². The monoisotopic (exact) mass is 405 g/mol. The van der Waals surface area contributed by atoms with Crippen molar-refractivity contribution < 1.29 is 19.1 Å². The van der Waals surface area contributed by atoms with E-state index in [1.165, 1.54) is 0 Å². The molecule has 158 valence electrons. The van der Waals surface area contributed by atoms with Crippen molar-refractivity contribution in [3.8, 4) is 0 Å². The summed E-state index contributed by atoms with van der Waals surface area (Å²) in [6.45, 7) is 5.23. The first kappa shape index (κ1) is 18.8. The minimum absolute atomic E-state index is 0.0379. The van der Waals surface area contributed by atoms with E-state index in [4.69, 9.17) is 9.47 Å². The predicted molar refractivity (Wildman–Crippen MR) is 101 cm³/mol. The third kappa shape index (κ3) is 3.69. The average Bonchev–Trinajstić information content (AvgIpc) is 3.46. The van der Waals surface area contributed by atoms with Gasteiger partial charge in [0.1, 0.15) is 6.61 Å². The van der Waals surface area contributed by atoms with Gasteiger partial charge in [0.25, 0.3) is 5.91 Å². The van der Waals surface area contributed by atoms with E-state index in [-0.39, 0.29) is 30.0 Å². The number of morpholine rings is 1. The number of alkyl carbamates (subject to hydrolysis) is 1. The number of fused-ring (bicyclic) bond motifs is 1. The molecule has 3 N–H and O–H groups in total. The molecule has 5 heterocycles. The molecule has 0 aliphatic carbocycles. The van der Waals surface area contributed by atoms with Gasteiger partial charge >= 0.3 is 6.09 Å². The van der Waals surface area contributed by atoms with Crippen molar-refractivity contribution in [1.82, 2.24) is 35.8 Å². The van der Waals surface area contributed by atoms with Gasteiger partial charge in [-0.2, -0.15) is 0 Å². The molecule has 0 spiro atoms. The third-order valence-electron chi connectivity index (χ3n) is 6.23. The fraction of sp³-hybridized carbons (Fsp3) is 0.778. The first-order valence-corrected chi connectivity index (χ1v) is 10.4.